The standard InChI is InChI=1S/C12H16BrNO3/c1-17-8-11(15)7-14-12(16)6-9-3-2-4-10(13)5-9/h2-5,11,15H,6-8H2,1H3,(H,14,16). The molecule has 0 aliphatic carbocycles. The van der Waals surface area contributed by atoms with Gasteiger partial charge in [-0.05, 0) is 17.7 Å². The molecule has 1 aromatic carbocycles. The molecule has 0 spiro atoms. The van der Waals surface area contributed by atoms with Crippen molar-refractivity contribution in [2.24, 2.45) is 0 Å². The van der Waals surface area contributed by atoms with Crippen LogP contribution in [0.15, 0.2) is 28.7 Å². The molecule has 1 atom stereocenters. The number of halogens is 1. The first-order valence-corrected chi connectivity index (χ1v) is 6.09. The molecule has 0 saturated heterocycles. The minimum Gasteiger partial charge on any atom is -0.389 e. The highest BCUT2D eigenvalue weighted by atomic mass is 79.9. The van der Waals surface area contributed by atoms with E-state index >= 15 is 0 Å². The maximum atomic E-state index is 11.6. The van der Waals surface area contributed by atoms with E-state index in [1.165, 1.54) is 7.11 Å². The molecular weight excluding hydrogens is 286 g/mol. The number of aliphatic hydroxyl groups excluding tert-OH is 1. The zero-order chi connectivity index (χ0) is 12.7. The van der Waals surface area contributed by atoms with Crippen LogP contribution in [0.1, 0.15) is 5.56 Å². The minimum atomic E-state index is -0.661. The molecule has 2 N–H and O–H groups in total. The number of aliphatic hydroxyl groups is 1. The molecule has 1 aromatic rings. The third-order valence-corrected chi connectivity index (χ3v) is 2.64. The number of hydrogen-bond donors (Lipinski definition) is 2. The zero-order valence-corrected chi connectivity index (χ0v) is 11.2. The van der Waals surface area contributed by atoms with Crippen molar-refractivity contribution in [1.29, 1.82) is 0 Å². The summed E-state index contributed by atoms with van der Waals surface area (Å²) < 4.78 is 5.71. The normalized spacial score (nSPS) is 12.2. The molecule has 5 heteroatoms. The maximum Gasteiger partial charge on any atom is 0.224 e. The van der Waals surface area contributed by atoms with Crippen molar-refractivity contribution in [3.63, 3.8) is 0 Å². The van der Waals surface area contributed by atoms with Crippen LogP contribution in [-0.4, -0.2) is 37.4 Å². The van der Waals surface area contributed by atoms with Gasteiger partial charge in [0.2, 0.25) is 5.91 Å². The molecule has 94 valence electrons. The largest absolute Gasteiger partial charge is 0.389 e. The Labute approximate surface area is 109 Å². The summed E-state index contributed by atoms with van der Waals surface area (Å²) in [5.74, 6) is -0.113. The molecule has 1 amide bonds. The smallest absolute Gasteiger partial charge is 0.224 e. The molecular formula is C12H16BrNO3. The second-order valence-corrected chi connectivity index (χ2v) is 4.64. The summed E-state index contributed by atoms with van der Waals surface area (Å²) in [5.41, 5.74) is 0.929. The van der Waals surface area contributed by atoms with Crippen molar-refractivity contribution in [1.82, 2.24) is 5.32 Å². The van der Waals surface area contributed by atoms with Gasteiger partial charge in [-0.15, -0.1) is 0 Å². The quantitative estimate of drug-likeness (QED) is 0.828. The van der Waals surface area contributed by atoms with E-state index < -0.39 is 6.10 Å². The summed E-state index contributed by atoms with van der Waals surface area (Å²) in [6.45, 7) is 0.428. The highest BCUT2D eigenvalue weighted by molar-refractivity contribution is 9.10. The Kier molecular flexibility index (Phi) is 6.18. The lowest BCUT2D eigenvalue weighted by Gasteiger charge is -2.10. The van der Waals surface area contributed by atoms with E-state index in [1.54, 1.807) is 0 Å². The summed E-state index contributed by atoms with van der Waals surface area (Å²) in [5, 5.41) is 12.0. The van der Waals surface area contributed by atoms with Crippen LogP contribution in [0, 0.1) is 0 Å². The highest BCUT2D eigenvalue weighted by Gasteiger charge is 2.07. The molecule has 1 unspecified atom stereocenters. The SMILES string of the molecule is COCC(O)CNC(=O)Cc1cccc(Br)c1. The summed E-state index contributed by atoms with van der Waals surface area (Å²) in [6, 6.07) is 7.57. The van der Waals surface area contributed by atoms with Crippen LogP contribution < -0.4 is 5.32 Å². The van der Waals surface area contributed by atoms with Gasteiger partial charge in [-0.1, -0.05) is 28.1 Å². The minimum absolute atomic E-state index is 0.113. The molecule has 0 heterocycles. The number of hydrogen-bond acceptors (Lipinski definition) is 3. The van der Waals surface area contributed by atoms with Crippen molar-refractivity contribution >= 4 is 21.8 Å². The van der Waals surface area contributed by atoms with E-state index in [9.17, 15) is 9.90 Å². The average Bonchev–Trinajstić information content (AvgIpc) is 2.27. The van der Waals surface area contributed by atoms with Gasteiger partial charge in [-0.3, -0.25) is 4.79 Å². The van der Waals surface area contributed by atoms with Gasteiger partial charge in [0.1, 0.15) is 0 Å². The van der Waals surface area contributed by atoms with Gasteiger partial charge in [-0.25, -0.2) is 0 Å². The van der Waals surface area contributed by atoms with Gasteiger partial charge in [0.05, 0.1) is 19.1 Å². The Hall–Kier alpha value is -0.910. The van der Waals surface area contributed by atoms with Crippen LogP contribution in [0.4, 0.5) is 0 Å². The second kappa shape index (κ2) is 7.42. The maximum absolute atomic E-state index is 11.6. The molecule has 1 rings (SSSR count). The highest BCUT2D eigenvalue weighted by Crippen LogP contribution is 2.11. The number of rotatable bonds is 6. The number of nitrogens with one attached hydrogen (secondary N) is 1. The Balaban J connectivity index is 2.34. The van der Waals surface area contributed by atoms with Gasteiger partial charge < -0.3 is 15.2 Å². The third kappa shape index (κ3) is 5.81. The Morgan fingerprint density at radius 1 is 1.59 bits per heavy atom. The van der Waals surface area contributed by atoms with Crippen LogP contribution in [0.3, 0.4) is 0 Å². The summed E-state index contributed by atoms with van der Waals surface area (Å²) in [6.07, 6.45) is -0.356. The molecule has 0 fully saturated rings. The van der Waals surface area contributed by atoms with Crippen LogP contribution >= 0.6 is 15.9 Å². The molecule has 0 aliphatic rings. The number of ether oxygens (including phenoxy) is 1. The van der Waals surface area contributed by atoms with Gasteiger partial charge in [0.15, 0.2) is 0 Å². The van der Waals surface area contributed by atoms with Crippen molar-refractivity contribution in [2.75, 3.05) is 20.3 Å². The van der Waals surface area contributed by atoms with Crippen LogP contribution in [-0.2, 0) is 16.0 Å². The first-order chi connectivity index (χ1) is 8.11. The third-order valence-electron chi connectivity index (χ3n) is 2.15. The van der Waals surface area contributed by atoms with Gasteiger partial charge in [0, 0.05) is 18.1 Å². The Morgan fingerprint density at radius 2 is 2.35 bits per heavy atom. The van der Waals surface area contributed by atoms with Crippen LogP contribution in [0.5, 0.6) is 0 Å². The first-order valence-electron chi connectivity index (χ1n) is 5.30. The second-order valence-electron chi connectivity index (χ2n) is 3.72. The topological polar surface area (TPSA) is 58.6 Å². The number of carbonyl (C=O) groups excluding carboxylic acids is 1. The molecule has 0 aliphatic heterocycles. The molecule has 0 saturated carbocycles. The molecule has 0 bridgehead atoms. The van der Waals surface area contributed by atoms with Crippen molar-refractivity contribution < 1.29 is 14.6 Å². The Morgan fingerprint density at radius 3 is 3.00 bits per heavy atom. The van der Waals surface area contributed by atoms with Crippen molar-refractivity contribution in [2.45, 2.75) is 12.5 Å². The van der Waals surface area contributed by atoms with Crippen LogP contribution in [0.25, 0.3) is 0 Å². The number of carbonyl (C=O) groups is 1. The summed E-state index contributed by atoms with van der Waals surface area (Å²) in [4.78, 5) is 11.6. The lowest BCUT2D eigenvalue weighted by atomic mass is 10.1. The summed E-state index contributed by atoms with van der Waals surface area (Å²) in [7, 11) is 1.51. The fraction of sp³-hybridized carbons (Fsp3) is 0.417. The fourth-order valence-electron chi connectivity index (χ4n) is 1.38. The van der Waals surface area contributed by atoms with E-state index in [1.807, 2.05) is 24.3 Å². The monoisotopic (exact) mass is 301 g/mol. The van der Waals surface area contributed by atoms with Gasteiger partial charge >= 0.3 is 0 Å². The predicted molar refractivity (Wildman–Crippen MR) is 68.7 cm³/mol. The first kappa shape index (κ1) is 14.2. The number of methoxy groups -OCH3 is 1. The van der Waals surface area contributed by atoms with Gasteiger partial charge in [0.25, 0.3) is 0 Å². The van der Waals surface area contributed by atoms with E-state index in [4.69, 9.17) is 4.74 Å². The number of benzene rings is 1. The lowest BCUT2D eigenvalue weighted by molar-refractivity contribution is -0.121. The fourth-order valence-corrected chi connectivity index (χ4v) is 1.82. The zero-order valence-electron chi connectivity index (χ0n) is 9.65. The average molecular weight is 302 g/mol. The molecule has 0 aromatic heterocycles. The van der Waals surface area contributed by atoms with E-state index in [0.29, 0.717) is 6.42 Å². The van der Waals surface area contributed by atoms with E-state index in [2.05, 4.69) is 21.2 Å². The molecule has 0 radical (unpaired) electrons. The predicted octanol–water partition coefficient (Wildman–Crippen LogP) is 1.12. The number of amides is 1. The lowest BCUT2D eigenvalue weighted by Crippen LogP contribution is -2.35. The van der Waals surface area contributed by atoms with Gasteiger partial charge in [-0.2, -0.15) is 0 Å². The van der Waals surface area contributed by atoms with Crippen molar-refractivity contribution in [3.8, 4) is 0 Å². The van der Waals surface area contributed by atoms with E-state index in [-0.39, 0.29) is 19.1 Å². The van der Waals surface area contributed by atoms with Crippen LogP contribution in [0.2, 0.25) is 0 Å². The Bertz CT molecular complexity index is 371. The summed E-state index contributed by atoms with van der Waals surface area (Å²) >= 11 is 3.35. The van der Waals surface area contributed by atoms with Crippen molar-refractivity contribution in [3.05, 3.63) is 34.3 Å². The molecule has 17 heavy (non-hydrogen) atoms. The van der Waals surface area contributed by atoms with E-state index in [0.717, 1.165) is 10.0 Å². The molecule has 4 nitrogen and oxygen atoms in total.